The Morgan fingerprint density at radius 3 is 2.62 bits per heavy atom. The molecule has 0 spiro atoms. The zero-order valence-corrected chi connectivity index (χ0v) is 6.69. The van der Waals surface area contributed by atoms with Crippen molar-refractivity contribution >= 4 is 22.0 Å². The lowest BCUT2D eigenvalue weighted by molar-refractivity contribution is 0.0832. The molecular weight excluding hydrogens is 166 g/mol. The molecule has 0 fully saturated rings. The minimum Gasteiger partial charge on any atom is -0.468 e. The van der Waals surface area contributed by atoms with Crippen LogP contribution in [0.3, 0.4) is 0 Å². The zero-order chi connectivity index (χ0) is 9.47. The molecular formula is C8H4B2O3. The van der Waals surface area contributed by atoms with Crippen LogP contribution in [0.2, 0.25) is 0 Å². The molecule has 0 atom stereocenters. The monoisotopic (exact) mass is 170 g/mol. The van der Waals surface area contributed by atoms with Gasteiger partial charge in [-0.1, -0.05) is 0 Å². The maximum atomic E-state index is 10.4. The molecule has 1 aromatic rings. The highest BCUT2D eigenvalue weighted by molar-refractivity contribution is 6.38. The van der Waals surface area contributed by atoms with Crippen molar-refractivity contribution in [2.75, 3.05) is 0 Å². The summed E-state index contributed by atoms with van der Waals surface area (Å²) in [7, 11) is 10.7. The molecule has 13 heavy (non-hydrogen) atoms. The molecule has 0 saturated heterocycles. The molecule has 5 heteroatoms. The third kappa shape index (κ3) is 1.41. The van der Waals surface area contributed by atoms with Crippen molar-refractivity contribution in [1.82, 2.24) is 0 Å². The van der Waals surface area contributed by atoms with Crippen LogP contribution in [-0.4, -0.2) is 27.6 Å². The third-order valence-electron chi connectivity index (χ3n) is 1.64. The van der Waals surface area contributed by atoms with E-state index in [0.717, 1.165) is 0 Å². The largest absolute Gasteiger partial charge is 0.468 e. The predicted molar refractivity (Wildman–Crippen MR) is 47.3 cm³/mol. The van der Waals surface area contributed by atoms with Crippen molar-refractivity contribution < 1.29 is 14.3 Å². The predicted octanol–water partition coefficient (Wildman–Crippen LogP) is 0.219. The fraction of sp³-hybridized carbons (Fsp3) is 0.125. The Bertz CT molecular complexity index is 362. The molecule has 1 aliphatic rings. The number of hydrogen-bond donors (Lipinski definition) is 0. The number of rotatable bonds is 1. The Hall–Kier alpha value is -1.38. The molecule has 60 valence electrons. The number of hydrogen-bond acceptors (Lipinski definition) is 3. The Labute approximate surface area is 77.8 Å². The first-order valence-corrected chi connectivity index (χ1v) is 3.66. The Morgan fingerprint density at radius 2 is 1.92 bits per heavy atom. The van der Waals surface area contributed by atoms with Gasteiger partial charge in [-0.2, -0.15) is 0 Å². The number of ether oxygens (including phenoxy) is 2. The van der Waals surface area contributed by atoms with Crippen LogP contribution in [0.25, 0.3) is 0 Å². The highest BCUT2D eigenvalue weighted by Crippen LogP contribution is 2.37. The van der Waals surface area contributed by atoms with E-state index in [4.69, 9.17) is 25.2 Å². The molecule has 0 N–H and O–H groups in total. The summed E-state index contributed by atoms with van der Waals surface area (Å²) in [6.45, 7) is 0. The summed E-state index contributed by atoms with van der Waals surface area (Å²) in [6, 6.07) is 4.70. The van der Waals surface area contributed by atoms with E-state index in [9.17, 15) is 4.79 Å². The Morgan fingerprint density at radius 1 is 1.23 bits per heavy atom. The fourth-order valence-corrected chi connectivity index (χ4v) is 1.13. The van der Waals surface area contributed by atoms with Crippen LogP contribution in [0.15, 0.2) is 18.2 Å². The van der Waals surface area contributed by atoms with Gasteiger partial charge in [0.25, 0.3) is 0 Å². The van der Waals surface area contributed by atoms with Crippen molar-refractivity contribution in [3.63, 3.8) is 0 Å². The van der Waals surface area contributed by atoms with Crippen molar-refractivity contribution in [2.45, 2.75) is 5.59 Å². The van der Waals surface area contributed by atoms with Crippen molar-refractivity contribution in [2.24, 2.45) is 0 Å². The summed E-state index contributed by atoms with van der Waals surface area (Å²) < 4.78 is 10.0. The van der Waals surface area contributed by atoms with Crippen LogP contribution in [0, 0.1) is 0 Å². The van der Waals surface area contributed by atoms with E-state index in [0.29, 0.717) is 23.3 Å². The van der Waals surface area contributed by atoms with Gasteiger partial charge in [0.2, 0.25) is 0 Å². The summed E-state index contributed by atoms with van der Waals surface area (Å²) in [6.07, 6.45) is 0.705. The minimum atomic E-state index is -1.62. The molecule has 0 unspecified atom stereocenters. The molecule has 0 aliphatic carbocycles. The quantitative estimate of drug-likeness (QED) is 0.446. The van der Waals surface area contributed by atoms with Crippen LogP contribution in [0.1, 0.15) is 10.4 Å². The van der Waals surface area contributed by atoms with Gasteiger partial charge in [0.15, 0.2) is 32.8 Å². The molecule has 1 aliphatic heterocycles. The number of carbonyl (C=O) groups excluding carboxylic acids is 1. The molecule has 0 bridgehead atoms. The molecule has 0 saturated carbocycles. The maximum Gasteiger partial charge on any atom is 0.175 e. The van der Waals surface area contributed by atoms with Gasteiger partial charge >= 0.3 is 0 Å². The van der Waals surface area contributed by atoms with Gasteiger partial charge in [-0.05, 0) is 18.2 Å². The number of fused-ring (bicyclic) bond motifs is 1. The van der Waals surface area contributed by atoms with Gasteiger partial charge in [-0.3, -0.25) is 4.79 Å². The lowest BCUT2D eigenvalue weighted by atomic mass is 9.76. The van der Waals surface area contributed by atoms with Crippen LogP contribution in [0.5, 0.6) is 11.5 Å². The zero-order valence-electron chi connectivity index (χ0n) is 6.69. The van der Waals surface area contributed by atoms with Crippen LogP contribution in [-0.2, 0) is 0 Å². The van der Waals surface area contributed by atoms with Crippen LogP contribution >= 0.6 is 0 Å². The van der Waals surface area contributed by atoms with Gasteiger partial charge in [0, 0.05) is 5.56 Å². The number of aldehydes is 1. The smallest absolute Gasteiger partial charge is 0.175 e. The molecule has 1 aromatic carbocycles. The number of benzene rings is 1. The highest BCUT2D eigenvalue weighted by atomic mass is 16.7. The maximum absolute atomic E-state index is 10.4. The van der Waals surface area contributed by atoms with Gasteiger partial charge in [0.05, 0.1) is 0 Å². The van der Waals surface area contributed by atoms with Gasteiger partial charge in [-0.25, -0.2) is 0 Å². The van der Waals surface area contributed by atoms with E-state index in [1.807, 2.05) is 0 Å². The molecule has 0 amide bonds. The molecule has 3 nitrogen and oxygen atoms in total. The van der Waals surface area contributed by atoms with Crippen molar-refractivity contribution in [3.05, 3.63) is 23.8 Å². The minimum absolute atomic E-state index is 0.384. The Kier molecular flexibility index (Phi) is 1.62. The fourth-order valence-electron chi connectivity index (χ4n) is 1.13. The standard InChI is InChI=1S/C8H4B2O3/c9-8(10)12-6-2-1-5(4-11)3-7(6)13-8/h1-4H. The summed E-state index contributed by atoms with van der Waals surface area (Å²) in [5.41, 5.74) is -1.14. The summed E-state index contributed by atoms with van der Waals surface area (Å²) in [5.74, 6) is 0.824. The summed E-state index contributed by atoms with van der Waals surface area (Å²) in [4.78, 5) is 10.4. The van der Waals surface area contributed by atoms with E-state index in [1.165, 1.54) is 6.07 Å². The van der Waals surface area contributed by atoms with E-state index >= 15 is 0 Å². The third-order valence-corrected chi connectivity index (χ3v) is 1.64. The van der Waals surface area contributed by atoms with Crippen molar-refractivity contribution in [3.8, 4) is 11.5 Å². The molecule has 2 rings (SSSR count). The first kappa shape index (κ1) is 8.23. The lowest BCUT2D eigenvalue weighted by Crippen LogP contribution is -2.39. The van der Waals surface area contributed by atoms with E-state index in [-0.39, 0.29) is 0 Å². The van der Waals surface area contributed by atoms with E-state index in [2.05, 4.69) is 0 Å². The SMILES string of the molecule is [B]C1([B])Oc2ccc(C=O)cc2O1. The highest BCUT2D eigenvalue weighted by Gasteiger charge is 2.30. The first-order valence-electron chi connectivity index (χ1n) is 3.66. The summed E-state index contributed by atoms with van der Waals surface area (Å²) >= 11 is 0. The van der Waals surface area contributed by atoms with Gasteiger partial charge in [0.1, 0.15) is 6.29 Å². The van der Waals surface area contributed by atoms with Crippen LogP contribution in [0.4, 0.5) is 0 Å². The average molecular weight is 170 g/mol. The van der Waals surface area contributed by atoms with E-state index < -0.39 is 5.59 Å². The van der Waals surface area contributed by atoms with Crippen molar-refractivity contribution in [1.29, 1.82) is 0 Å². The van der Waals surface area contributed by atoms with Gasteiger partial charge in [-0.15, -0.1) is 0 Å². The molecule has 4 radical (unpaired) electrons. The van der Waals surface area contributed by atoms with E-state index in [1.54, 1.807) is 12.1 Å². The second-order valence-electron chi connectivity index (χ2n) is 2.75. The lowest BCUT2D eigenvalue weighted by Gasteiger charge is -2.18. The normalized spacial score (nSPS) is 16.9. The molecule has 1 heterocycles. The topological polar surface area (TPSA) is 35.5 Å². The van der Waals surface area contributed by atoms with Crippen LogP contribution < -0.4 is 9.47 Å². The second-order valence-corrected chi connectivity index (χ2v) is 2.75. The average Bonchev–Trinajstić information content (AvgIpc) is 2.36. The first-order chi connectivity index (χ1) is 6.11. The molecule has 0 aromatic heterocycles. The second kappa shape index (κ2) is 2.55. The van der Waals surface area contributed by atoms with Gasteiger partial charge < -0.3 is 9.47 Å². The number of carbonyl (C=O) groups is 1. The summed E-state index contributed by atoms with van der Waals surface area (Å²) in [5, 5.41) is 0. The Balaban J connectivity index is 2.41.